The van der Waals surface area contributed by atoms with E-state index < -0.39 is 30.5 Å². The second-order valence-corrected chi connectivity index (χ2v) is 7.97. The molecule has 2 aromatic heterocycles. The minimum Gasteiger partial charge on any atom is -0.373 e. The van der Waals surface area contributed by atoms with Gasteiger partial charge >= 0.3 is 0 Å². The first-order valence-corrected chi connectivity index (χ1v) is 10.2. The van der Waals surface area contributed by atoms with Gasteiger partial charge in [-0.3, -0.25) is 4.79 Å². The van der Waals surface area contributed by atoms with Crippen LogP contribution in [0.3, 0.4) is 0 Å². The number of fused-ring (bicyclic) bond motifs is 1. The number of alkyl halides is 2. The van der Waals surface area contributed by atoms with Gasteiger partial charge in [-0.05, 0) is 25.0 Å². The van der Waals surface area contributed by atoms with E-state index in [1.165, 1.54) is 10.7 Å². The van der Waals surface area contributed by atoms with Crippen molar-refractivity contribution in [3.05, 3.63) is 41.9 Å². The van der Waals surface area contributed by atoms with Gasteiger partial charge < -0.3 is 26.0 Å². The fourth-order valence-electron chi connectivity index (χ4n) is 3.81. The molecule has 5 rings (SSSR count). The van der Waals surface area contributed by atoms with E-state index in [9.17, 15) is 18.7 Å². The number of rotatable bonds is 6. The summed E-state index contributed by atoms with van der Waals surface area (Å²) in [6.45, 7) is 0. The number of aliphatic hydroxyl groups is 1. The molecule has 0 radical (unpaired) electrons. The van der Waals surface area contributed by atoms with E-state index in [2.05, 4.69) is 26.0 Å². The standard InChI is InChI=1S/C20H23F2N7O2/c1-23-17-8-16(25-14-3-2-6-28(20(14)31)15-7-12(15)22)27-18-10(9-24-29(17)18)19(30)26-13-5-4-11(13)21/h2-3,6,8-9,11-13,15,20,23,31H,4-5,7H2,1H3,(H,25,27)(H,26,30)/t11-,12-,13?,15-,20?/m0/s1. The lowest BCUT2D eigenvalue weighted by atomic mass is 9.90. The topological polar surface area (TPSA) is 107 Å². The number of hydrogen-bond acceptors (Lipinski definition) is 7. The quantitative estimate of drug-likeness (QED) is 0.550. The van der Waals surface area contributed by atoms with Crippen LogP contribution in [0.5, 0.6) is 0 Å². The lowest BCUT2D eigenvalue weighted by Gasteiger charge is -2.31. The van der Waals surface area contributed by atoms with Crippen LogP contribution in [0.2, 0.25) is 0 Å². The number of nitrogens with one attached hydrogen (secondary N) is 3. The Labute approximate surface area is 176 Å². The number of carbonyl (C=O) groups is 1. The SMILES string of the molecule is CNc1cc(NC2=CC=CN([C@H]3C[C@@H]3F)C2O)nc2c(C(=O)NC3CC[C@@H]3F)cnn12. The fraction of sp³-hybridized carbons (Fsp3) is 0.450. The highest BCUT2D eigenvalue weighted by Gasteiger charge is 2.44. The van der Waals surface area contributed by atoms with Gasteiger partial charge in [0.05, 0.1) is 24.0 Å². The van der Waals surface area contributed by atoms with Crippen molar-refractivity contribution in [1.29, 1.82) is 0 Å². The molecule has 11 heteroatoms. The Morgan fingerprint density at radius 3 is 2.74 bits per heavy atom. The number of halogens is 2. The highest BCUT2D eigenvalue weighted by Crippen LogP contribution is 2.35. The Balaban J connectivity index is 1.42. The summed E-state index contributed by atoms with van der Waals surface area (Å²) in [5.74, 6) is 0.484. The Kier molecular flexibility index (Phi) is 4.77. The normalized spacial score (nSPS) is 29.4. The van der Waals surface area contributed by atoms with Crippen molar-refractivity contribution < 1.29 is 18.7 Å². The maximum absolute atomic E-state index is 13.6. The van der Waals surface area contributed by atoms with Crippen LogP contribution in [0.25, 0.3) is 5.65 Å². The molecule has 2 unspecified atom stereocenters. The summed E-state index contributed by atoms with van der Waals surface area (Å²) in [5, 5.41) is 23.6. The van der Waals surface area contributed by atoms with E-state index in [1.807, 2.05) is 0 Å². The van der Waals surface area contributed by atoms with Gasteiger partial charge in [0, 0.05) is 25.7 Å². The highest BCUT2D eigenvalue weighted by molar-refractivity contribution is 6.00. The molecule has 4 N–H and O–H groups in total. The Bertz CT molecular complexity index is 1080. The molecule has 2 saturated carbocycles. The molecule has 164 valence electrons. The van der Waals surface area contributed by atoms with Gasteiger partial charge in [0.1, 0.15) is 29.5 Å². The number of amides is 1. The van der Waals surface area contributed by atoms with Crippen molar-refractivity contribution in [3.63, 3.8) is 0 Å². The fourth-order valence-corrected chi connectivity index (χ4v) is 3.81. The molecule has 31 heavy (non-hydrogen) atoms. The van der Waals surface area contributed by atoms with Crippen molar-refractivity contribution in [2.24, 2.45) is 0 Å². The van der Waals surface area contributed by atoms with Crippen LogP contribution in [0.15, 0.2) is 36.3 Å². The third-order valence-corrected chi connectivity index (χ3v) is 5.91. The van der Waals surface area contributed by atoms with Crippen LogP contribution in [-0.2, 0) is 0 Å². The van der Waals surface area contributed by atoms with Crippen molar-refractivity contribution in [3.8, 4) is 0 Å². The minimum absolute atomic E-state index is 0.220. The molecule has 1 aliphatic heterocycles. The number of anilines is 2. The van der Waals surface area contributed by atoms with E-state index in [4.69, 9.17) is 0 Å². The smallest absolute Gasteiger partial charge is 0.257 e. The number of hydrogen-bond donors (Lipinski definition) is 4. The third-order valence-electron chi connectivity index (χ3n) is 5.91. The second kappa shape index (κ2) is 7.49. The van der Waals surface area contributed by atoms with Crippen molar-refractivity contribution >= 4 is 23.2 Å². The van der Waals surface area contributed by atoms with Gasteiger partial charge in [-0.25, -0.2) is 13.8 Å². The van der Waals surface area contributed by atoms with Gasteiger partial charge in [-0.2, -0.15) is 9.61 Å². The number of carbonyl (C=O) groups excluding carboxylic acids is 1. The zero-order valence-electron chi connectivity index (χ0n) is 16.8. The number of nitrogens with zero attached hydrogens (tertiary/aromatic N) is 4. The predicted octanol–water partition coefficient (Wildman–Crippen LogP) is 1.56. The monoisotopic (exact) mass is 431 g/mol. The summed E-state index contributed by atoms with van der Waals surface area (Å²) in [6, 6.07) is 0.849. The summed E-state index contributed by atoms with van der Waals surface area (Å²) in [6.07, 6.45) is 4.87. The number of aliphatic hydroxyl groups excluding tert-OH is 1. The van der Waals surface area contributed by atoms with Gasteiger partial charge in [0.2, 0.25) is 0 Å². The van der Waals surface area contributed by atoms with E-state index in [1.54, 1.807) is 36.4 Å². The molecule has 2 fully saturated rings. The Morgan fingerprint density at radius 1 is 1.29 bits per heavy atom. The summed E-state index contributed by atoms with van der Waals surface area (Å²) >= 11 is 0. The van der Waals surface area contributed by atoms with Crippen molar-refractivity contribution in [2.75, 3.05) is 17.7 Å². The molecule has 2 aliphatic carbocycles. The van der Waals surface area contributed by atoms with Crippen LogP contribution in [-0.4, -0.2) is 68.2 Å². The van der Waals surface area contributed by atoms with Gasteiger partial charge in [0.15, 0.2) is 11.9 Å². The molecule has 0 saturated heterocycles. The molecule has 5 atom stereocenters. The first-order chi connectivity index (χ1) is 15.0. The van der Waals surface area contributed by atoms with Crippen LogP contribution in [0, 0.1) is 0 Å². The molecular weight excluding hydrogens is 408 g/mol. The zero-order valence-corrected chi connectivity index (χ0v) is 16.8. The molecule has 1 amide bonds. The summed E-state index contributed by atoms with van der Waals surface area (Å²) in [4.78, 5) is 18.7. The molecule has 0 spiro atoms. The maximum Gasteiger partial charge on any atom is 0.257 e. The number of allylic oxidation sites excluding steroid dienone is 2. The molecule has 3 aliphatic rings. The molecule has 2 aromatic rings. The van der Waals surface area contributed by atoms with E-state index in [0.29, 0.717) is 36.6 Å². The maximum atomic E-state index is 13.6. The average Bonchev–Trinajstić information content (AvgIpc) is 3.32. The van der Waals surface area contributed by atoms with Crippen LogP contribution < -0.4 is 16.0 Å². The number of aromatic nitrogens is 3. The largest absolute Gasteiger partial charge is 0.373 e. The third kappa shape index (κ3) is 3.48. The van der Waals surface area contributed by atoms with Crippen molar-refractivity contribution in [1.82, 2.24) is 24.8 Å². The first kappa shape index (κ1) is 19.7. The summed E-state index contributed by atoms with van der Waals surface area (Å²) in [5.41, 5.74) is 0.934. The summed E-state index contributed by atoms with van der Waals surface area (Å²) in [7, 11) is 1.70. The van der Waals surface area contributed by atoms with Crippen molar-refractivity contribution in [2.45, 2.75) is 49.9 Å². The van der Waals surface area contributed by atoms with Gasteiger partial charge in [-0.1, -0.05) is 0 Å². The molecule has 3 heterocycles. The summed E-state index contributed by atoms with van der Waals surface area (Å²) < 4.78 is 28.5. The Hall–Kier alpha value is -3.21. The highest BCUT2D eigenvalue weighted by atomic mass is 19.1. The first-order valence-electron chi connectivity index (χ1n) is 10.2. The van der Waals surface area contributed by atoms with Gasteiger partial charge in [-0.15, -0.1) is 0 Å². The molecular formula is C20H23F2N7O2. The average molecular weight is 431 g/mol. The molecule has 0 bridgehead atoms. The predicted molar refractivity (Wildman–Crippen MR) is 110 cm³/mol. The van der Waals surface area contributed by atoms with E-state index in [0.717, 1.165) is 0 Å². The van der Waals surface area contributed by atoms with E-state index >= 15 is 0 Å². The Morgan fingerprint density at radius 2 is 2.10 bits per heavy atom. The van der Waals surface area contributed by atoms with E-state index in [-0.39, 0.29) is 17.3 Å². The second-order valence-electron chi connectivity index (χ2n) is 7.97. The van der Waals surface area contributed by atoms with Crippen LogP contribution in [0.1, 0.15) is 29.6 Å². The molecule has 0 aromatic carbocycles. The molecule has 9 nitrogen and oxygen atoms in total. The zero-order chi connectivity index (χ0) is 21.7. The van der Waals surface area contributed by atoms with Crippen LogP contribution >= 0.6 is 0 Å². The lowest BCUT2D eigenvalue weighted by molar-refractivity contribution is 0.0570. The lowest BCUT2D eigenvalue weighted by Crippen LogP contribution is -2.48. The van der Waals surface area contributed by atoms with Gasteiger partial charge in [0.25, 0.3) is 5.91 Å². The minimum atomic E-state index is -1.04. The van der Waals surface area contributed by atoms with Crippen LogP contribution in [0.4, 0.5) is 20.4 Å².